The Balaban J connectivity index is 2.38. The molecule has 0 fully saturated rings. The van der Waals surface area contributed by atoms with Gasteiger partial charge in [0.05, 0.1) is 30.4 Å². The van der Waals surface area contributed by atoms with E-state index in [4.69, 9.17) is 4.74 Å². The summed E-state index contributed by atoms with van der Waals surface area (Å²) < 4.78 is 37.8. The van der Waals surface area contributed by atoms with E-state index in [1.807, 2.05) is 26.8 Å². The lowest BCUT2D eigenvalue weighted by molar-refractivity contribution is 0.0600. The summed E-state index contributed by atoms with van der Waals surface area (Å²) in [5.74, 6) is -0.103. The van der Waals surface area contributed by atoms with Crippen molar-refractivity contribution in [2.24, 2.45) is 0 Å². The normalized spacial score (nSPS) is 11.7. The first-order valence-corrected chi connectivity index (χ1v) is 9.46. The Morgan fingerprint density at radius 1 is 1.00 bits per heavy atom. The minimum Gasteiger partial charge on any atom is -0.495 e. The molecule has 140 valence electrons. The number of ether oxygens (including phenoxy) is 2. The molecule has 7 heteroatoms. The van der Waals surface area contributed by atoms with E-state index in [1.54, 1.807) is 12.1 Å². The average Bonchev–Trinajstić information content (AvgIpc) is 2.60. The van der Waals surface area contributed by atoms with Crippen molar-refractivity contribution in [1.29, 1.82) is 0 Å². The first-order chi connectivity index (χ1) is 12.1. The predicted octanol–water partition coefficient (Wildman–Crippen LogP) is 3.58. The van der Waals surface area contributed by atoms with Crippen LogP contribution in [0.15, 0.2) is 47.4 Å². The number of hydrogen-bond donors (Lipinski definition) is 1. The molecule has 1 N–H and O–H groups in total. The molecule has 6 nitrogen and oxygen atoms in total. The molecule has 0 atom stereocenters. The Labute approximate surface area is 154 Å². The summed E-state index contributed by atoms with van der Waals surface area (Å²) in [5.41, 5.74) is 1.46. The summed E-state index contributed by atoms with van der Waals surface area (Å²) in [7, 11) is -1.09. The van der Waals surface area contributed by atoms with Gasteiger partial charge in [-0.2, -0.15) is 0 Å². The highest BCUT2D eigenvalue weighted by Gasteiger charge is 2.20. The number of carbonyl (C=O) groups excluding carboxylic acids is 1. The molecular formula is C19H23NO5S. The Kier molecular flexibility index (Phi) is 5.61. The summed E-state index contributed by atoms with van der Waals surface area (Å²) in [5, 5.41) is 0. The minimum absolute atomic E-state index is 0.0355. The van der Waals surface area contributed by atoms with E-state index in [1.165, 1.54) is 38.5 Å². The molecule has 2 aromatic carbocycles. The molecule has 2 aromatic rings. The number of benzene rings is 2. The first kappa shape index (κ1) is 19.8. The third kappa shape index (κ3) is 4.35. The van der Waals surface area contributed by atoms with Crippen LogP contribution in [0.25, 0.3) is 0 Å². The van der Waals surface area contributed by atoms with Crippen LogP contribution in [-0.2, 0) is 20.2 Å². The molecule has 0 radical (unpaired) electrons. The number of methoxy groups -OCH3 is 2. The van der Waals surface area contributed by atoms with Crippen molar-refractivity contribution in [3.63, 3.8) is 0 Å². The summed E-state index contributed by atoms with van der Waals surface area (Å²) in [6.45, 7) is 6.12. The third-order valence-electron chi connectivity index (χ3n) is 3.90. The van der Waals surface area contributed by atoms with Crippen molar-refractivity contribution in [2.75, 3.05) is 18.9 Å². The lowest BCUT2D eigenvalue weighted by Crippen LogP contribution is -2.16. The van der Waals surface area contributed by atoms with Crippen molar-refractivity contribution >= 4 is 21.7 Å². The summed E-state index contributed by atoms with van der Waals surface area (Å²) in [6.07, 6.45) is 0. The molecule has 0 spiro atoms. The fraction of sp³-hybridized carbons (Fsp3) is 0.316. The first-order valence-electron chi connectivity index (χ1n) is 7.98. The van der Waals surface area contributed by atoms with Crippen LogP contribution >= 0.6 is 0 Å². The molecule has 0 amide bonds. The van der Waals surface area contributed by atoms with Crippen LogP contribution in [0.2, 0.25) is 0 Å². The number of carbonyl (C=O) groups is 1. The van der Waals surface area contributed by atoms with Crippen molar-refractivity contribution in [2.45, 2.75) is 31.1 Å². The van der Waals surface area contributed by atoms with Gasteiger partial charge >= 0.3 is 5.97 Å². The van der Waals surface area contributed by atoms with Crippen LogP contribution in [0, 0.1) is 0 Å². The average molecular weight is 377 g/mol. The third-order valence-corrected chi connectivity index (χ3v) is 5.28. The molecule has 0 aromatic heterocycles. The van der Waals surface area contributed by atoms with Crippen molar-refractivity contribution in [3.05, 3.63) is 53.6 Å². The molecule has 0 aliphatic carbocycles. The van der Waals surface area contributed by atoms with Crippen LogP contribution in [0.4, 0.5) is 5.69 Å². The van der Waals surface area contributed by atoms with Crippen molar-refractivity contribution in [3.8, 4) is 5.75 Å². The smallest absolute Gasteiger partial charge is 0.337 e. The number of rotatable bonds is 5. The van der Waals surface area contributed by atoms with E-state index in [0.29, 0.717) is 11.4 Å². The van der Waals surface area contributed by atoms with Crippen LogP contribution in [0.3, 0.4) is 0 Å². The van der Waals surface area contributed by atoms with E-state index in [0.717, 1.165) is 5.56 Å². The predicted molar refractivity (Wildman–Crippen MR) is 100 cm³/mol. The molecule has 0 aliphatic rings. The number of nitrogens with one attached hydrogen (secondary N) is 1. The highest BCUT2D eigenvalue weighted by Crippen LogP contribution is 2.32. The molecule has 0 aliphatic heterocycles. The van der Waals surface area contributed by atoms with Gasteiger partial charge in [0, 0.05) is 0 Å². The molecule has 0 unspecified atom stereocenters. The molecule has 2 rings (SSSR count). The van der Waals surface area contributed by atoms with Gasteiger partial charge in [0.1, 0.15) is 5.75 Å². The molecule has 0 heterocycles. The second-order valence-corrected chi connectivity index (χ2v) is 8.47. The Morgan fingerprint density at radius 3 is 2.12 bits per heavy atom. The van der Waals surface area contributed by atoms with E-state index >= 15 is 0 Å². The van der Waals surface area contributed by atoms with E-state index < -0.39 is 16.0 Å². The van der Waals surface area contributed by atoms with Gasteiger partial charge in [-0.05, 0) is 47.4 Å². The lowest BCUT2D eigenvalue weighted by atomic mass is 9.87. The fourth-order valence-electron chi connectivity index (χ4n) is 2.35. The van der Waals surface area contributed by atoms with E-state index in [-0.39, 0.29) is 15.9 Å². The number of esters is 1. The van der Waals surface area contributed by atoms with Crippen LogP contribution < -0.4 is 9.46 Å². The Morgan fingerprint density at radius 2 is 1.62 bits per heavy atom. The summed E-state index contributed by atoms with van der Waals surface area (Å²) in [4.78, 5) is 11.5. The largest absolute Gasteiger partial charge is 0.495 e. The van der Waals surface area contributed by atoms with Gasteiger partial charge < -0.3 is 9.47 Å². The van der Waals surface area contributed by atoms with E-state index in [2.05, 4.69) is 9.46 Å². The molecule has 26 heavy (non-hydrogen) atoms. The van der Waals surface area contributed by atoms with Gasteiger partial charge in [0.25, 0.3) is 10.0 Å². The second-order valence-electron chi connectivity index (χ2n) is 6.79. The SMILES string of the molecule is COC(=O)c1ccc(S(=O)(=O)Nc2cc(C(C)(C)C)ccc2OC)cc1. The van der Waals surface area contributed by atoms with Crippen molar-refractivity contribution in [1.82, 2.24) is 0 Å². The fourth-order valence-corrected chi connectivity index (χ4v) is 3.41. The van der Waals surface area contributed by atoms with Crippen LogP contribution in [-0.4, -0.2) is 28.6 Å². The zero-order valence-corrected chi connectivity index (χ0v) is 16.3. The number of hydrogen-bond acceptors (Lipinski definition) is 5. The topological polar surface area (TPSA) is 81.7 Å². The van der Waals surface area contributed by atoms with Gasteiger partial charge in [0.2, 0.25) is 0 Å². The van der Waals surface area contributed by atoms with Crippen LogP contribution in [0.5, 0.6) is 5.75 Å². The van der Waals surface area contributed by atoms with E-state index in [9.17, 15) is 13.2 Å². The Bertz CT molecular complexity index is 897. The molecule has 0 saturated carbocycles. The van der Waals surface area contributed by atoms with Crippen LogP contribution in [0.1, 0.15) is 36.7 Å². The summed E-state index contributed by atoms with van der Waals surface area (Å²) in [6, 6.07) is 10.9. The highest BCUT2D eigenvalue weighted by molar-refractivity contribution is 7.92. The number of sulfonamides is 1. The maximum atomic E-state index is 12.7. The minimum atomic E-state index is -3.84. The zero-order chi connectivity index (χ0) is 19.5. The maximum Gasteiger partial charge on any atom is 0.337 e. The van der Waals surface area contributed by atoms with Gasteiger partial charge in [0.15, 0.2) is 0 Å². The quantitative estimate of drug-likeness (QED) is 0.806. The number of anilines is 1. The Hall–Kier alpha value is -2.54. The monoisotopic (exact) mass is 377 g/mol. The summed E-state index contributed by atoms with van der Waals surface area (Å²) >= 11 is 0. The van der Waals surface area contributed by atoms with Gasteiger partial charge in [-0.15, -0.1) is 0 Å². The van der Waals surface area contributed by atoms with Crippen molar-refractivity contribution < 1.29 is 22.7 Å². The second kappa shape index (κ2) is 7.37. The molecule has 0 saturated heterocycles. The maximum absolute atomic E-state index is 12.7. The standard InChI is InChI=1S/C19H23NO5S/c1-19(2,3)14-8-11-17(24-4)16(12-14)20-26(22,23)15-9-6-13(7-10-15)18(21)25-5/h6-12,20H,1-5H3. The molecule has 0 bridgehead atoms. The van der Waals surface area contributed by atoms with Gasteiger partial charge in [-0.25, -0.2) is 13.2 Å². The van der Waals surface area contributed by atoms with Gasteiger partial charge in [-0.3, -0.25) is 4.72 Å². The zero-order valence-electron chi connectivity index (χ0n) is 15.5. The van der Waals surface area contributed by atoms with Gasteiger partial charge in [-0.1, -0.05) is 26.8 Å². The highest BCUT2D eigenvalue weighted by atomic mass is 32.2. The molecular weight excluding hydrogens is 354 g/mol. The lowest BCUT2D eigenvalue weighted by Gasteiger charge is -2.21.